The second kappa shape index (κ2) is 7.52. The summed E-state index contributed by atoms with van der Waals surface area (Å²) in [4.78, 5) is 4.32. The van der Waals surface area contributed by atoms with Gasteiger partial charge in [0.05, 0.1) is 0 Å². The maximum Gasteiger partial charge on any atom is 0.0338 e. The van der Waals surface area contributed by atoms with E-state index < -0.39 is 0 Å². The molecule has 1 N–H and O–H groups in total. The molecule has 0 aliphatic heterocycles. The van der Waals surface area contributed by atoms with Gasteiger partial charge in [-0.25, -0.2) is 0 Å². The van der Waals surface area contributed by atoms with E-state index in [0.29, 0.717) is 6.04 Å². The molecule has 1 aromatic rings. The van der Waals surface area contributed by atoms with E-state index in [1.54, 1.807) is 0 Å². The van der Waals surface area contributed by atoms with Gasteiger partial charge in [0.2, 0.25) is 0 Å². The maximum atomic E-state index is 4.32. The number of rotatable bonds is 7. The molecule has 0 saturated heterocycles. The van der Waals surface area contributed by atoms with E-state index in [1.807, 2.05) is 12.4 Å². The Kier molecular flexibility index (Phi) is 6.34. The smallest absolute Gasteiger partial charge is 0.0338 e. The maximum absolute atomic E-state index is 4.32. The first-order valence-electron chi connectivity index (χ1n) is 7.17. The lowest BCUT2D eigenvalue weighted by atomic mass is 9.90. The first-order valence-corrected chi connectivity index (χ1v) is 7.17. The Morgan fingerprint density at radius 1 is 1.17 bits per heavy atom. The average Bonchev–Trinajstić information content (AvgIpc) is 2.27. The highest BCUT2D eigenvalue weighted by Crippen LogP contribution is 2.25. The minimum atomic E-state index is 0.441. The Morgan fingerprint density at radius 2 is 1.89 bits per heavy atom. The predicted octanol–water partition coefficient (Wildman–Crippen LogP) is 4.11. The van der Waals surface area contributed by atoms with Crippen molar-refractivity contribution in [2.45, 2.75) is 53.5 Å². The van der Waals surface area contributed by atoms with Gasteiger partial charge in [0.1, 0.15) is 0 Å². The van der Waals surface area contributed by atoms with Crippen molar-refractivity contribution in [2.24, 2.45) is 11.8 Å². The van der Waals surface area contributed by atoms with E-state index >= 15 is 0 Å². The minimum absolute atomic E-state index is 0.441. The second-order valence-electron chi connectivity index (χ2n) is 5.88. The molecule has 0 aromatic carbocycles. The minimum Gasteiger partial charge on any atom is -0.310 e. The molecule has 1 rings (SSSR count). The van der Waals surface area contributed by atoms with Crippen LogP contribution in [0.5, 0.6) is 0 Å². The molecule has 0 saturated carbocycles. The monoisotopic (exact) mass is 248 g/mol. The first kappa shape index (κ1) is 15.2. The van der Waals surface area contributed by atoms with Crippen LogP contribution in [0.1, 0.15) is 57.7 Å². The SMILES string of the molecule is CCNC(CC(C)CC(C)C)c1cncc(C)c1. The highest BCUT2D eigenvalue weighted by atomic mass is 14.9. The van der Waals surface area contributed by atoms with Crippen LogP contribution >= 0.6 is 0 Å². The van der Waals surface area contributed by atoms with Crippen LogP contribution in [0, 0.1) is 18.8 Å². The lowest BCUT2D eigenvalue weighted by Gasteiger charge is -2.23. The van der Waals surface area contributed by atoms with Crippen molar-refractivity contribution in [3.05, 3.63) is 29.6 Å². The molecule has 0 aliphatic carbocycles. The molecule has 0 bridgehead atoms. The van der Waals surface area contributed by atoms with E-state index in [4.69, 9.17) is 0 Å². The second-order valence-corrected chi connectivity index (χ2v) is 5.88. The summed E-state index contributed by atoms with van der Waals surface area (Å²) in [6.07, 6.45) is 6.41. The molecule has 2 atom stereocenters. The summed E-state index contributed by atoms with van der Waals surface area (Å²) in [5, 5.41) is 3.59. The highest BCUT2D eigenvalue weighted by Gasteiger charge is 2.15. The molecule has 1 heterocycles. The largest absolute Gasteiger partial charge is 0.310 e. The highest BCUT2D eigenvalue weighted by molar-refractivity contribution is 5.20. The van der Waals surface area contributed by atoms with E-state index in [9.17, 15) is 0 Å². The average molecular weight is 248 g/mol. The van der Waals surface area contributed by atoms with Gasteiger partial charge in [0.15, 0.2) is 0 Å². The van der Waals surface area contributed by atoms with Crippen LogP contribution in [0.25, 0.3) is 0 Å². The number of nitrogens with one attached hydrogen (secondary N) is 1. The fourth-order valence-electron chi connectivity index (χ4n) is 2.66. The zero-order valence-corrected chi connectivity index (χ0v) is 12.5. The third-order valence-corrected chi connectivity index (χ3v) is 3.26. The summed E-state index contributed by atoms with van der Waals surface area (Å²) in [5.74, 6) is 1.52. The quantitative estimate of drug-likeness (QED) is 0.785. The molecule has 1 aromatic heterocycles. The van der Waals surface area contributed by atoms with Gasteiger partial charge in [0, 0.05) is 18.4 Å². The summed E-state index contributed by atoms with van der Waals surface area (Å²) in [6, 6.07) is 2.69. The third kappa shape index (κ3) is 5.18. The Balaban J connectivity index is 2.70. The summed E-state index contributed by atoms with van der Waals surface area (Å²) in [5.41, 5.74) is 2.57. The summed E-state index contributed by atoms with van der Waals surface area (Å²) in [7, 11) is 0. The zero-order valence-electron chi connectivity index (χ0n) is 12.5. The fraction of sp³-hybridized carbons (Fsp3) is 0.688. The number of aryl methyl sites for hydroxylation is 1. The van der Waals surface area contributed by atoms with Crippen molar-refractivity contribution in [1.82, 2.24) is 10.3 Å². The molecular weight excluding hydrogens is 220 g/mol. The van der Waals surface area contributed by atoms with Crippen molar-refractivity contribution in [3.63, 3.8) is 0 Å². The van der Waals surface area contributed by atoms with Crippen molar-refractivity contribution in [1.29, 1.82) is 0 Å². The van der Waals surface area contributed by atoms with Gasteiger partial charge in [-0.1, -0.05) is 33.8 Å². The van der Waals surface area contributed by atoms with Gasteiger partial charge in [-0.15, -0.1) is 0 Å². The fourth-order valence-corrected chi connectivity index (χ4v) is 2.66. The van der Waals surface area contributed by atoms with Crippen molar-refractivity contribution in [3.8, 4) is 0 Å². The Bertz CT molecular complexity index is 347. The summed E-state index contributed by atoms with van der Waals surface area (Å²) in [6.45, 7) is 12.2. The third-order valence-electron chi connectivity index (χ3n) is 3.26. The molecule has 0 spiro atoms. The first-order chi connectivity index (χ1) is 8.52. The predicted molar refractivity (Wildman–Crippen MR) is 78.6 cm³/mol. The molecule has 2 heteroatoms. The summed E-state index contributed by atoms with van der Waals surface area (Å²) >= 11 is 0. The Hall–Kier alpha value is -0.890. The molecule has 0 fully saturated rings. The van der Waals surface area contributed by atoms with Gasteiger partial charge in [-0.05, 0) is 49.3 Å². The number of pyridine rings is 1. The number of aromatic nitrogens is 1. The molecule has 2 nitrogen and oxygen atoms in total. The number of hydrogen-bond acceptors (Lipinski definition) is 2. The van der Waals surface area contributed by atoms with Crippen LogP contribution in [-0.2, 0) is 0 Å². The van der Waals surface area contributed by atoms with Crippen LogP contribution < -0.4 is 5.32 Å². The Labute approximate surface area is 112 Å². The van der Waals surface area contributed by atoms with Crippen LogP contribution in [0.4, 0.5) is 0 Å². The number of hydrogen-bond donors (Lipinski definition) is 1. The summed E-state index contributed by atoms with van der Waals surface area (Å²) < 4.78 is 0. The molecule has 102 valence electrons. The van der Waals surface area contributed by atoms with Crippen molar-refractivity contribution >= 4 is 0 Å². The van der Waals surface area contributed by atoms with Gasteiger partial charge in [0.25, 0.3) is 0 Å². The molecule has 2 unspecified atom stereocenters. The molecule has 18 heavy (non-hydrogen) atoms. The molecule has 0 radical (unpaired) electrons. The molecule has 0 aliphatic rings. The lowest BCUT2D eigenvalue weighted by molar-refractivity contribution is 0.359. The normalized spacial score (nSPS) is 14.8. The van der Waals surface area contributed by atoms with Crippen molar-refractivity contribution < 1.29 is 0 Å². The van der Waals surface area contributed by atoms with E-state index in [0.717, 1.165) is 18.4 Å². The van der Waals surface area contributed by atoms with Gasteiger partial charge < -0.3 is 5.32 Å². The standard InChI is InChI=1S/C16H28N2/c1-6-18-16(9-13(4)7-12(2)3)15-8-14(5)10-17-11-15/h8,10-13,16,18H,6-7,9H2,1-5H3. The van der Waals surface area contributed by atoms with Crippen LogP contribution in [0.2, 0.25) is 0 Å². The topological polar surface area (TPSA) is 24.9 Å². The zero-order chi connectivity index (χ0) is 13.5. The van der Waals surface area contributed by atoms with Gasteiger partial charge in [-0.2, -0.15) is 0 Å². The lowest BCUT2D eigenvalue weighted by Crippen LogP contribution is -2.23. The molecule has 0 amide bonds. The van der Waals surface area contributed by atoms with Crippen LogP contribution in [0.3, 0.4) is 0 Å². The van der Waals surface area contributed by atoms with Crippen molar-refractivity contribution in [2.75, 3.05) is 6.54 Å². The van der Waals surface area contributed by atoms with E-state index in [-0.39, 0.29) is 0 Å². The Morgan fingerprint density at radius 3 is 2.44 bits per heavy atom. The van der Waals surface area contributed by atoms with Gasteiger partial charge >= 0.3 is 0 Å². The van der Waals surface area contributed by atoms with E-state index in [2.05, 4.69) is 51.0 Å². The number of nitrogens with zero attached hydrogens (tertiary/aromatic N) is 1. The molecular formula is C16H28N2. The van der Waals surface area contributed by atoms with Gasteiger partial charge in [-0.3, -0.25) is 4.98 Å². The van der Waals surface area contributed by atoms with Crippen LogP contribution in [0.15, 0.2) is 18.5 Å². The van der Waals surface area contributed by atoms with E-state index in [1.165, 1.54) is 24.0 Å². The van der Waals surface area contributed by atoms with Crippen LogP contribution in [-0.4, -0.2) is 11.5 Å².